The maximum atomic E-state index is 13.5. The number of ketones is 1. The minimum absolute atomic E-state index is 0.0282. The van der Waals surface area contributed by atoms with Gasteiger partial charge in [-0.1, -0.05) is 36.4 Å². The number of benzene rings is 3. The number of nitrogens with zero attached hydrogens (tertiary/aromatic N) is 2. The monoisotopic (exact) mass is 516 g/mol. The van der Waals surface area contributed by atoms with Crippen molar-refractivity contribution in [3.05, 3.63) is 89.5 Å². The lowest BCUT2D eigenvalue weighted by atomic mass is 9.94. The summed E-state index contributed by atoms with van der Waals surface area (Å²) in [7, 11) is 6.83. The van der Waals surface area contributed by atoms with Gasteiger partial charge in [-0.3, -0.25) is 9.59 Å². The molecule has 1 atom stereocenters. The van der Waals surface area contributed by atoms with Crippen molar-refractivity contribution in [1.82, 2.24) is 9.80 Å². The van der Waals surface area contributed by atoms with E-state index in [0.717, 1.165) is 6.54 Å². The van der Waals surface area contributed by atoms with Crippen molar-refractivity contribution in [2.24, 2.45) is 0 Å². The first-order chi connectivity index (χ1) is 18.3. The smallest absolute Gasteiger partial charge is 0.295 e. The molecule has 3 aromatic rings. The van der Waals surface area contributed by atoms with Gasteiger partial charge in [0.05, 0.1) is 25.8 Å². The predicted molar refractivity (Wildman–Crippen MR) is 145 cm³/mol. The number of carbonyl (C=O) groups is 2. The van der Waals surface area contributed by atoms with E-state index in [4.69, 9.17) is 14.2 Å². The van der Waals surface area contributed by atoms with Gasteiger partial charge in [0.2, 0.25) is 0 Å². The molecule has 0 aromatic heterocycles. The van der Waals surface area contributed by atoms with E-state index < -0.39 is 17.7 Å². The van der Waals surface area contributed by atoms with Gasteiger partial charge in [-0.25, -0.2) is 0 Å². The summed E-state index contributed by atoms with van der Waals surface area (Å²) >= 11 is 0. The van der Waals surface area contributed by atoms with Crippen LogP contribution in [0.25, 0.3) is 5.76 Å². The van der Waals surface area contributed by atoms with Crippen LogP contribution in [0.3, 0.4) is 0 Å². The summed E-state index contributed by atoms with van der Waals surface area (Å²) in [4.78, 5) is 30.3. The van der Waals surface area contributed by atoms with E-state index in [9.17, 15) is 14.7 Å². The second-order valence-electron chi connectivity index (χ2n) is 9.17. The molecule has 0 saturated carbocycles. The Kier molecular flexibility index (Phi) is 8.33. The fraction of sp³-hybridized carbons (Fsp3) is 0.267. The molecule has 1 amide bonds. The second kappa shape index (κ2) is 11.8. The maximum absolute atomic E-state index is 13.5. The molecule has 8 heteroatoms. The van der Waals surface area contributed by atoms with E-state index in [0.29, 0.717) is 41.5 Å². The van der Waals surface area contributed by atoms with Crippen LogP contribution >= 0.6 is 0 Å². The molecule has 198 valence electrons. The molecule has 0 aliphatic carbocycles. The first-order valence-electron chi connectivity index (χ1n) is 12.3. The number of Topliss-reactive ketones (excluding diaryl/α,β-unsaturated/α-hetero) is 1. The summed E-state index contributed by atoms with van der Waals surface area (Å²) in [5, 5.41) is 11.6. The first kappa shape index (κ1) is 26.8. The van der Waals surface area contributed by atoms with Gasteiger partial charge in [0.15, 0.2) is 0 Å². The molecule has 1 unspecified atom stereocenters. The molecule has 1 fully saturated rings. The zero-order valence-corrected chi connectivity index (χ0v) is 22.0. The largest absolute Gasteiger partial charge is 0.506 e. The summed E-state index contributed by atoms with van der Waals surface area (Å²) in [6, 6.07) is 20.8. The zero-order chi connectivity index (χ0) is 27.2. The molecule has 8 nitrogen and oxygen atoms in total. The van der Waals surface area contributed by atoms with Crippen molar-refractivity contribution in [2.75, 3.05) is 41.4 Å². The number of aliphatic hydroxyl groups excluding tert-OH is 1. The van der Waals surface area contributed by atoms with E-state index >= 15 is 0 Å². The highest BCUT2D eigenvalue weighted by Gasteiger charge is 2.46. The molecule has 1 saturated heterocycles. The fourth-order valence-corrected chi connectivity index (χ4v) is 4.61. The number of aliphatic hydroxyl groups is 1. The minimum atomic E-state index is -0.828. The molecule has 1 aliphatic heterocycles. The van der Waals surface area contributed by atoms with Crippen LogP contribution < -0.4 is 14.2 Å². The van der Waals surface area contributed by atoms with Crippen molar-refractivity contribution < 1.29 is 28.9 Å². The lowest BCUT2D eigenvalue weighted by molar-refractivity contribution is -0.139. The Morgan fingerprint density at radius 1 is 0.895 bits per heavy atom. The summed E-state index contributed by atoms with van der Waals surface area (Å²) < 4.78 is 17.0. The van der Waals surface area contributed by atoms with Crippen LogP contribution in [-0.4, -0.2) is 68.0 Å². The number of amides is 1. The topological polar surface area (TPSA) is 88.5 Å². The van der Waals surface area contributed by atoms with Crippen LogP contribution in [0.4, 0.5) is 0 Å². The van der Waals surface area contributed by atoms with Gasteiger partial charge < -0.3 is 29.1 Å². The predicted octanol–water partition coefficient (Wildman–Crippen LogP) is 4.87. The number of para-hydroxylation sites is 1. The van der Waals surface area contributed by atoms with E-state index in [-0.39, 0.29) is 16.9 Å². The van der Waals surface area contributed by atoms with E-state index in [2.05, 4.69) is 0 Å². The molecule has 1 aliphatic rings. The van der Waals surface area contributed by atoms with Crippen molar-refractivity contribution in [1.29, 1.82) is 0 Å². The zero-order valence-electron chi connectivity index (χ0n) is 22.0. The van der Waals surface area contributed by atoms with Gasteiger partial charge in [-0.2, -0.15) is 0 Å². The van der Waals surface area contributed by atoms with Gasteiger partial charge in [0.1, 0.15) is 34.3 Å². The quantitative estimate of drug-likeness (QED) is 0.234. The molecular formula is C30H32N2O6. The molecule has 1 N–H and O–H groups in total. The van der Waals surface area contributed by atoms with Crippen LogP contribution in [-0.2, 0) is 9.59 Å². The lowest BCUT2D eigenvalue weighted by Crippen LogP contribution is -2.32. The number of likely N-dealkylation sites (tertiary alicyclic amines) is 1. The minimum Gasteiger partial charge on any atom is -0.506 e. The molecular weight excluding hydrogens is 484 g/mol. The van der Waals surface area contributed by atoms with Gasteiger partial charge in [0, 0.05) is 6.54 Å². The summed E-state index contributed by atoms with van der Waals surface area (Å²) in [6.07, 6.45) is 0.648. The van der Waals surface area contributed by atoms with E-state index in [1.54, 1.807) is 36.4 Å². The maximum Gasteiger partial charge on any atom is 0.295 e. The van der Waals surface area contributed by atoms with Crippen LogP contribution in [0, 0.1) is 0 Å². The van der Waals surface area contributed by atoms with Crippen LogP contribution in [0.1, 0.15) is 23.6 Å². The summed E-state index contributed by atoms with van der Waals surface area (Å²) in [5.74, 6) is 0.0532. The lowest BCUT2D eigenvalue weighted by Gasteiger charge is -2.26. The van der Waals surface area contributed by atoms with E-state index in [1.165, 1.54) is 19.1 Å². The number of methoxy groups -OCH3 is 2. The number of rotatable bonds is 10. The highest BCUT2D eigenvalue weighted by Crippen LogP contribution is 2.44. The molecule has 0 spiro atoms. The van der Waals surface area contributed by atoms with Gasteiger partial charge in [-0.05, 0) is 69.0 Å². The third-order valence-electron chi connectivity index (χ3n) is 6.36. The Balaban J connectivity index is 1.85. The Bertz CT molecular complexity index is 1310. The van der Waals surface area contributed by atoms with Gasteiger partial charge in [0.25, 0.3) is 11.7 Å². The Morgan fingerprint density at radius 3 is 2.16 bits per heavy atom. The SMILES string of the molecule is COc1cccc(OC)c1/C(O)=C1\C(=O)C(=O)N(CCCN(C)C)C1c1cccc(Oc2ccccc2)c1. The summed E-state index contributed by atoms with van der Waals surface area (Å²) in [6.45, 7) is 1.06. The van der Waals surface area contributed by atoms with Crippen molar-refractivity contribution in [2.45, 2.75) is 12.5 Å². The van der Waals surface area contributed by atoms with Crippen LogP contribution in [0.15, 0.2) is 78.4 Å². The molecule has 0 bridgehead atoms. The fourth-order valence-electron chi connectivity index (χ4n) is 4.61. The van der Waals surface area contributed by atoms with Crippen molar-refractivity contribution in [3.63, 3.8) is 0 Å². The highest BCUT2D eigenvalue weighted by atomic mass is 16.5. The first-order valence-corrected chi connectivity index (χ1v) is 12.3. The normalized spacial score (nSPS) is 16.7. The highest BCUT2D eigenvalue weighted by molar-refractivity contribution is 6.46. The molecule has 38 heavy (non-hydrogen) atoms. The molecule has 1 heterocycles. The number of hydrogen-bond acceptors (Lipinski definition) is 7. The standard InChI is InChI=1S/C30H32N2O6/c1-31(2)17-10-18-32-27(20-11-8-14-22(19-20)38-21-12-6-5-7-13-21)26(29(34)30(32)35)28(33)25-23(36-3)15-9-16-24(25)37-4/h5-9,11-16,19,27,33H,10,17-18H2,1-4H3/b28-26+. The van der Waals surface area contributed by atoms with Crippen molar-refractivity contribution >= 4 is 17.4 Å². The Hall–Kier alpha value is -4.30. The van der Waals surface area contributed by atoms with Crippen molar-refractivity contribution in [3.8, 4) is 23.0 Å². The molecule has 0 radical (unpaired) electrons. The molecule has 4 rings (SSSR count). The van der Waals surface area contributed by atoms with Gasteiger partial charge in [-0.15, -0.1) is 0 Å². The molecule has 3 aromatic carbocycles. The van der Waals surface area contributed by atoms with E-state index in [1.807, 2.05) is 55.4 Å². The van der Waals surface area contributed by atoms with Gasteiger partial charge >= 0.3 is 0 Å². The average Bonchev–Trinajstić information content (AvgIpc) is 3.17. The summed E-state index contributed by atoms with van der Waals surface area (Å²) in [5.41, 5.74) is 0.822. The number of hydrogen-bond donors (Lipinski definition) is 1. The van der Waals surface area contributed by atoms with Crippen LogP contribution in [0.5, 0.6) is 23.0 Å². The second-order valence-corrected chi connectivity index (χ2v) is 9.17. The third-order valence-corrected chi connectivity index (χ3v) is 6.36. The average molecular weight is 517 g/mol. The Labute approximate surface area is 222 Å². The number of ether oxygens (including phenoxy) is 3. The van der Waals surface area contributed by atoms with Crippen LogP contribution in [0.2, 0.25) is 0 Å². The Morgan fingerprint density at radius 2 is 1.53 bits per heavy atom. The third kappa shape index (κ3) is 5.50. The number of carbonyl (C=O) groups excluding carboxylic acids is 2.